The van der Waals surface area contributed by atoms with Gasteiger partial charge in [-0.3, -0.25) is 4.57 Å². The Labute approximate surface area is 364 Å². The molecule has 0 unspecified atom stereocenters. The van der Waals surface area contributed by atoms with Crippen LogP contribution in [-0.4, -0.2) is 28.5 Å². The summed E-state index contributed by atoms with van der Waals surface area (Å²) in [6.07, 6.45) is 0. The van der Waals surface area contributed by atoms with Gasteiger partial charge in [0.15, 0.2) is 11.6 Å². The van der Waals surface area contributed by atoms with Crippen molar-refractivity contribution in [1.82, 2.24) is 28.5 Å². The van der Waals surface area contributed by atoms with E-state index in [0.29, 0.717) is 17.6 Å². The highest BCUT2D eigenvalue weighted by Crippen LogP contribution is 2.48. The van der Waals surface area contributed by atoms with Gasteiger partial charge in [0.2, 0.25) is 5.95 Å². The molecule has 0 N–H and O–H groups in total. The van der Waals surface area contributed by atoms with Crippen LogP contribution in [0.2, 0.25) is 0 Å². The molecule has 0 saturated heterocycles. The lowest BCUT2D eigenvalue weighted by atomic mass is 10.0. The first-order valence-corrected chi connectivity index (χ1v) is 21.6. The molecular weight excluding hydrogens is 785 g/mol. The highest BCUT2D eigenvalue weighted by Gasteiger charge is 2.27. The first-order valence-electron chi connectivity index (χ1n) is 21.6. The van der Waals surface area contributed by atoms with E-state index in [9.17, 15) is 0 Å². The van der Waals surface area contributed by atoms with Crippen molar-refractivity contribution < 1.29 is 4.42 Å². The summed E-state index contributed by atoms with van der Waals surface area (Å²) in [5.41, 5.74) is 14.8. The average Bonchev–Trinajstić information content (AvgIpc) is 4.08. The molecule has 7 nitrogen and oxygen atoms in total. The van der Waals surface area contributed by atoms with E-state index < -0.39 is 0 Å². The number of furan rings is 1. The molecule has 6 heterocycles. The smallest absolute Gasteiger partial charge is 0.238 e. The largest absolute Gasteiger partial charge is 0.456 e. The number of aromatic nitrogens is 6. The number of hydrogen-bond acceptors (Lipinski definition) is 4. The zero-order chi connectivity index (χ0) is 41.6. The first kappa shape index (κ1) is 33.9. The van der Waals surface area contributed by atoms with E-state index in [-0.39, 0.29) is 0 Å². The molecule has 15 aromatic rings. The summed E-state index contributed by atoms with van der Waals surface area (Å²) in [4.78, 5) is 15.7. The van der Waals surface area contributed by atoms with Crippen molar-refractivity contribution in [3.8, 4) is 45.5 Å². The maximum atomic E-state index is 6.67. The molecule has 0 saturated carbocycles. The molecule has 0 radical (unpaired) electrons. The molecule has 6 aromatic heterocycles. The Bertz CT molecular complexity index is 4350. The minimum absolute atomic E-state index is 0.556. The van der Waals surface area contributed by atoms with Crippen molar-refractivity contribution in [2.75, 3.05) is 0 Å². The molecular formula is C57H32N6O. The van der Waals surface area contributed by atoms with Crippen molar-refractivity contribution in [3.05, 3.63) is 194 Å². The lowest BCUT2D eigenvalue weighted by molar-refractivity contribution is 0.669. The Morgan fingerprint density at radius 1 is 0.328 bits per heavy atom. The molecule has 0 spiro atoms. The maximum absolute atomic E-state index is 6.67. The molecule has 0 aliphatic rings. The normalized spacial score (nSPS) is 12.4. The summed E-state index contributed by atoms with van der Waals surface area (Å²) < 4.78 is 13.8. The van der Waals surface area contributed by atoms with E-state index in [1.54, 1.807) is 0 Å². The van der Waals surface area contributed by atoms with Gasteiger partial charge in [-0.2, -0.15) is 9.97 Å². The van der Waals surface area contributed by atoms with E-state index in [4.69, 9.17) is 19.4 Å². The monoisotopic (exact) mass is 816 g/mol. The Morgan fingerprint density at radius 2 is 0.891 bits per heavy atom. The van der Waals surface area contributed by atoms with Crippen molar-refractivity contribution in [2.24, 2.45) is 0 Å². The Morgan fingerprint density at radius 3 is 1.69 bits per heavy atom. The van der Waals surface area contributed by atoms with Crippen LogP contribution in [0.25, 0.3) is 138 Å². The van der Waals surface area contributed by atoms with Gasteiger partial charge in [0, 0.05) is 54.5 Å². The lowest BCUT2D eigenvalue weighted by Crippen LogP contribution is -2.06. The molecule has 0 aliphatic heterocycles. The molecule has 0 fully saturated rings. The third-order valence-corrected chi connectivity index (χ3v) is 13.4. The van der Waals surface area contributed by atoms with E-state index in [0.717, 1.165) is 82.7 Å². The minimum atomic E-state index is 0.556. The van der Waals surface area contributed by atoms with Crippen molar-refractivity contribution in [1.29, 1.82) is 0 Å². The van der Waals surface area contributed by atoms with Crippen LogP contribution in [0.1, 0.15) is 0 Å². The third-order valence-electron chi connectivity index (χ3n) is 13.4. The van der Waals surface area contributed by atoms with Gasteiger partial charge < -0.3 is 13.4 Å². The van der Waals surface area contributed by atoms with Crippen molar-refractivity contribution in [3.63, 3.8) is 0 Å². The standard InChI is InChI=1S/C57H32N6O/c1-3-12-33(13-4-1)34-22-24-36(25-23-34)56-58-55(35-14-5-2-6-15-35)59-57(60-56)63-43-19-10-7-16-38(43)40-27-26-37(32-47(40)63)61-44-20-11-21-45-50(44)51-46(61)29-31-48-52(51)53-49(64-48)30-28-41-39-17-8-9-18-42(39)62(45)54(41)53/h1-32H. The van der Waals surface area contributed by atoms with Gasteiger partial charge in [0.05, 0.1) is 44.0 Å². The van der Waals surface area contributed by atoms with E-state index in [1.165, 1.54) is 38.1 Å². The van der Waals surface area contributed by atoms with E-state index in [1.807, 2.05) is 24.3 Å². The Balaban J connectivity index is 1.01. The fourth-order valence-electron chi connectivity index (χ4n) is 10.7. The van der Waals surface area contributed by atoms with Gasteiger partial charge in [-0.05, 0) is 71.8 Å². The van der Waals surface area contributed by atoms with Crippen LogP contribution in [0, 0.1) is 0 Å². The van der Waals surface area contributed by atoms with Crippen molar-refractivity contribution >= 4 is 92.9 Å². The minimum Gasteiger partial charge on any atom is -0.456 e. The number of benzene rings is 9. The molecule has 9 aromatic carbocycles. The zero-order valence-corrected chi connectivity index (χ0v) is 34.1. The predicted molar refractivity (Wildman–Crippen MR) is 260 cm³/mol. The highest BCUT2D eigenvalue weighted by atomic mass is 16.3. The molecule has 0 atom stereocenters. The van der Waals surface area contributed by atoms with Crippen LogP contribution in [0.5, 0.6) is 0 Å². The fourth-order valence-corrected chi connectivity index (χ4v) is 10.7. The molecule has 0 aliphatic carbocycles. The molecule has 0 amide bonds. The van der Waals surface area contributed by atoms with Crippen LogP contribution < -0.4 is 0 Å². The van der Waals surface area contributed by atoms with Crippen LogP contribution in [-0.2, 0) is 0 Å². The second-order valence-electron chi connectivity index (χ2n) is 16.8. The van der Waals surface area contributed by atoms with E-state index in [2.05, 4.69) is 183 Å². The zero-order valence-electron chi connectivity index (χ0n) is 34.1. The topological polar surface area (TPSA) is 66.1 Å². The molecule has 7 heteroatoms. The van der Waals surface area contributed by atoms with Crippen LogP contribution in [0.3, 0.4) is 0 Å². The Hall–Kier alpha value is -8.81. The van der Waals surface area contributed by atoms with Crippen molar-refractivity contribution in [2.45, 2.75) is 0 Å². The molecule has 64 heavy (non-hydrogen) atoms. The Kier molecular flexibility index (Phi) is 6.56. The second kappa shape index (κ2) is 12.4. The fraction of sp³-hybridized carbons (Fsp3) is 0. The van der Waals surface area contributed by atoms with Gasteiger partial charge in [0.1, 0.15) is 11.2 Å². The van der Waals surface area contributed by atoms with Crippen LogP contribution in [0.15, 0.2) is 199 Å². The second-order valence-corrected chi connectivity index (χ2v) is 16.8. The summed E-state index contributed by atoms with van der Waals surface area (Å²) in [6, 6.07) is 68.7. The average molecular weight is 817 g/mol. The molecule has 296 valence electrons. The predicted octanol–water partition coefficient (Wildman–Crippen LogP) is 14.4. The third kappa shape index (κ3) is 4.46. The highest BCUT2D eigenvalue weighted by molar-refractivity contribution is 6.37. The number of nitrogens with zero attached hydrogens (tertiary/aromatic N) is 6. The van der Waals surface area contributed by atoms with Gasteiger partial charge in [-0.15, -0.1) is 0 Å². The summed E-state index contributed by atoms with van der Waals surface area (Å²) in [5.74, 6) is 1.78. The first-order chi connectivity index (χ1) is 31.7. The van der Waals surface area contributed by atoms with E-state index >= 15 is 0 Å². The lowest BCUT2D eigenvalue weighted by Gasteiger charge is -2.13. The quantitative estimate of drug-likeness (QED) is 0.174. The summed E-state index contributed by atoms with van der Waals surface area (Å²) in [6.45, 7) is 0. The summed E-state index contributed by atoms with van der Waals surface area (Å²) >= 11 is 0. The van der Waals surface area contributed by atoms with Gasteiger partial charge >= 0.3 is 0 Å². The SMILES string of the molecule is c1ccc(-c2ccc(-c3nc(-c4ccccc4)nc(-n4c5ccccc5c5ccc(-n6c7ccc8oc9ccc%10c%11ccccc%11n%11c%12cccc6c%12c7c8c9c%10%11)cc54)n3)cc2)cc1. The van der Waals surface area contributed by atoms with Crippen LogP contribution in [0.4, 0.5) is 0 Å². The number of hydrogen-bond donors (Lipinski definition) is 0. The van der Waals surface area contributed by atoms with Gasteiger partial charge in [-0.25, -0.2) is 4.98 Å². The van der Waals surface area contributed by atoms with Gasteiger partial charge in [-0.1, -0.05) is 133 Å². The number of para-hydroxylation sites is 2. The summed E-state index contributed by atoms with van der Waals surface area (Å²) in [7, 11) is 0. The summed E-state index contributed by atoms with van der Waals surface area (Å²) in [5, 5.41) is 9.45. The number of fused-ring (bicyclic) bond motifs is 7. The molecule has 0 bridgehead atoms. The molecule has 15 rings (SSSR count). The number of rotatable bonds is 5. The van der Waals surface area contributed by atoms with Gasteiger partial charge in [0.25, 0.3) is 0 Å². The maximum Gasteiger partial charge on any atom is 0.238 e. The van der Waals surface area contributed by atoms with Crippen LogP contribution >= 0.6 is 0 Å².